The second-order valence-electron chi connectivity index (χ2n) is 7.24. The van der Waals surface area contributed by atoms with E-state index in [4.69, 9.17) is 15.1 Å². The normalized spacial score (nSPS) is 38.7. The van der Waals surface area contributed by atoms with Crippen molar-refractivity contribution in [3.63, 3.8) is 0 Å². The lowest BCUT2D eigenvalue weighted by Gasteiger charge is -2.53. The van der Waals surface area contributed by atoms with Crippen molar-refractivity contribution in [2.45, 2.75) is 38.0 Å². The first-order valence-electron chi connectivity index (χ1n) is 7.92. The Balaban J connectivity index is 1.57. The molecular formula is C17H20N2O. The molecule has 0 unspecified atom stereocenters. The molecule has 4 saturated carbocycles. The van der Waals surface area contributed by atoms with Crippen LogP contribution in [-0.4, -0.2) is 4.98 Å². The van der Waals surface area contributed by atoms with Gasteiger partial charge in [0, 0.05) is 17.7 Å². The van der Waals surface area contributed by atoms with E-state index in [2.05, 4.69) is 0 Å². The van der Waals surface area contributed by atoms with Gasteiger partial charge in [0.1, 0.15) is 5.52 Å². The number of nitrogens with two attached hydrogens (primary N) is 1. The van der Waals surface area contributed by atoms with Gasteiger partial charge in [0.15, 0.2) is 11.5 Å². The standard InChI is InChI=1S/C17H20N2O/c18-13-1-2-14-15(8-13)20-17(19-14)16-11-4-9-3-10(6-11)7-12(16)5-9/h1-2,8-12,16H,3-7,18H2. The number of nitrogen functional groups attached to an aromatic ring is 1. The molecule has 20 heavy (non-hydrogen) atoms. The average Bonchev–Trinajstić information content (AvgIpc) is 2.79. The first kappa shape index (κ1) is 11.2. The van der Waals surface area contributed by atoms with Crippen LogP contribution in [0.25, 0.3) is 11.1 Å². The Labute approximate surface area is 118 Å². The topological polar surface area (TPSA) is 52.0 Å². The molecule has 0 saturated heterocycles. The minimum atomic E-state index is 0.566. The molecule has 2 N–H and O–H groups in total. The highest BCUT2D eigenvalue weighted by atomic mass is 16.3. The van der Waals surface area contributed by atoms with Crippen LogP contribution in [0.3, 0.4) is 0 Å². The van der Waals surface area contributed by atoms with Crippen molar-refractivity contribution in [2.24, 2.45) is 23.7 Å². The quantitative estimate of drug-likeness (QED) is 0.797. The van der Waals surface area contributed by atoms with Crippen molar-refractivity contribution >= 4 is 16.8 Å². The van der Waals surface area contributed by atoms with E-state index in [-0.39, 0.29) is 0 Å². The summed E-state index contributed by atoms with van der Waals surface area (Å²) in [6.07, 6.45) is 7.10. The van der Waals surface area contributed by atoms with Crippen molar-refractivity contribution < 1.29 is 4.42 Å². The fourth-order valence-electron chi connectivity index (χ4n) is 5.43. The maximum atomic E-state index is 6.08. The summed E-state index contributed by atoms with van der Waals surface area (Å²) in [6, 6.07) is 5.79. The number of hydrogen-bond acceptors (Lipinski definition) is 3. The molecule has 0 atom stereocenters. The van der Waals surface area contributed by atoms with Gasteiger partial charge in [-0.25, -0.2) is 4.98 Å². The largest absolute Gasteiger partial charge is 0.440 e. The summed E-state index contributed by atoms with van der Waals surface area (Å²) >= 11 is 0. The molecule has 1 aromatic carbocycles. The molecule has 3 heteroatoms. The SMILES string of the molecule is Nc1ccc2nc(C3C4CC5CC(C4)CC3C5)oc2c1. The highest BCUT2D eigenvalue weighted by Crippen LogP contribution is 2.59. The Kier molecular flexibility index (Phi) is 2.11. The number of fused-ring (bicyclic) bond motifs is 1. The molecule has 4 aliphatic rings. The second-order valence-corrected chi connectivity index (χ2v) is 7.24. The lowest BCUT2D eigenvalue weighted by molar-refractivity contribution is -0.0109. The Bertz CT molecular complexity index is 647. The molecule has 104 valence electrons. The van der Waals surface area contributed by atoms with Crippen LogP contribution >= 0.6 is 0 Å². The van der Waals surface area contributed by atoms with Crippen LogP contribution in [0.4, 0.5) is 5.69 Å². The summed E-state index contributed by atoms with van der Waals surface area (Å²) < 4.78 is 6.08. The maximum absolute atomic E-state index is 6.08. The van der Waals surface area contributed by atoms with Crippen LogP contribution in [0.15, 0.2) is 22.6 Å². The molecule has 0 amide bonds. The van der Waals surface area contributed by atoms with Crippen molar-refractivity contribution in [3.8, 4) is 0 Å². The minimum absolute atomic E-state index is 0.566. The molecule has 0 aliphatic heterocycles. The highest BCUT2D eigenvalue weighted by Gasteiger charge is 2.50. The van der Waals surface area contributed by atoms with Gasteiger partial charge in [0.05, 0.1) is 0 Å². The molecule has 0 spiro atoms. The molecule has 2 aromatic rings. The summed E-state index contributed by atoms with van der Waals surface area (Å²) in [5.74, 6) is 5.17. The Morgan fingerprint density at radius 2 is 1.70 bits per heavy atom. The van der Waals surface area contributed by atoms with Crippen LogP contribution in [0.5, 0.6) is 0 Å². The number of nitrogens with zero attached hydrogens (tertiary/aromatic N) is 1. The van der Waals surface area contributed by atoms with Crippen molar-refractivity contribution in [2.75, 3.05) is 5.73 Å². The van der Waals surface area contributed by atoms with Crippen molar-refractivity contribution in [1.29, 1.82) is 0 Å². The molecule has 1 aromatic heterocycles. The smallest absolute Gasteiger partial charge is 0.199 e. The van der Waals surface area contributed by atoms with Gasteiger partial charge in [-0.2, -0.15) is 0 Å². The van der Waals surface area contributed by atoms with Gasteiger partial charge in [-0.1, -0.05) is 0 Å². The minimum Gasteiger partial charge on any atom is -0.440 e. The zero-order valence-electron chi connectivity index (χ0n) is 11.6. The molecule has 4 bridgehead atoms. The third-order valence-electron chi connectivity index (χ3n) is 5.94. The van der Waals surface area contributed by atoms with E-state index in [1.807, 2.05) is 18.2 Å². The first-order chi connectivity index (χ1) is 9.76. The number of hydrogen-bond donors (Lipinski definition) is 1. The van der Waals surface area contributed by atoms with E-state index >= 15 is 0 Å². The van der Waals surface area contributed by atoms with E-state index in [1.54, 1.807) is 0 Å². The zero-order valence-corrected chi connectivity index (χ0v) is 11.6. The predicted octanol–water partition coefficient (Wildman–Crippen LogP) is 3.95. The fraction of sp³-hybridized carbons (Fsp3) is 0.588. The number of rotatable bonds is 1. The van der Waals surface area contributed by atoms with Crippen molar-refractivity contribution in [3.05, 3.63) is 24.1 Å². The molecular weight excluding hydrogens is 248 g/mol. The van der Waals surface area contributed by atoms with Crippen LogP contribution in [0.2, 0.25) is 0 Å². The lowest BCUT2D eigenvalue weighted by atomic mass is 9.52. The van der Waals surface area contributed by atoms with E-state index in [0.717, 1.165) is 46.3 Å². The Morgan fingerprint density at radius 1 is 1.00 bits per heavy atom. The van der Waals surface area contributed by atoms with Crippen LogP contribution in [0, 0.1) is 23.7 Å². The van der Waals surface area contributed by atoms with E-state index in [1.165, 1.54) is 32.1 Å². The molecule has 1 heterocycles. The summed E-state index contributed by atoms with van der Waals surface area (Å²) in [6.45, 7) is 0. The summed E-state index contributed by atoms with van der Waals surface area (Å²) in [5.41, 5.74) is 8.41. The highest BCUT2D eigenvalue weighted by molar-refractivity contribution is 5.76. The fourth-order valence-corrected chi connectivity index (χ4v) is 5.43. The third-order valence-corrected chi connectivity index (χ3v) is 5.94. The number of anilines is 1. The lowest BCUT2D eigenvalue weighted by Crippen LogP contribution is -2.43. The van der Waals surface area contributed by atoms with Gasteiger partial charge < -0.3 is 10.2 Å². The third kappa shape index (κ3) is 1.49. The Morgan fingerprint density at radius 3 is 2.40 bits per heavy atom. The molecule has 4 aliphatic carbocycles. The monoisotopic (exact) mass is 268 g/mol. The van der Waals surface area contributed by atoms with Crippen molar-refractivity contribution in [1.82, 2.24) is 4.98 Å². The van der Waals surface area contributed by atoms with E-state index in [9.17, 15) is 0 Å². The van der Waals surface area contributed by atoms with Gasteiger partial charge in [0.25, 0.3) is 0 Å². The Hall–Kier alpha value is -1.51. The van der Waals surface area contributed by atoms with E-state index < -0.39 is 0 Å². The number of oxazole rings is 1. The molecule has 3 nitrogen and oxygen atoms in total. The summed E-state index contributed by atoms with van der Waals surface area (Å²) in [5, 5.41) is 0. The van der Waals surface area contributed by atoms with Gasteiger partial charge in [-0.3, -0.25) is 0 Å². The van der Waals surface area contributed by atoms with Crippen LogP contribution < -0.4 is 5.73 Å². The van der Waals surface area contributed by atoms with Gasteiger partial charge in [-0.15, -0.1) is 0 Å². The second kappa shape index (κ2) is 3.78. The number of aromatic nitrogens is 1. The zero-order chi connectivity index (χ0) is 13.3. The molecule has 6 rings (SSSR count). The number of benzene rings is 1. The maximum Gasteiger partial charge on any atom is 0.199 e. The summed E-state index contributed by atoms with van der Waals surface area (Å²) in [4.78, 5) is 4.78. The van der Waals surface area contributed by atoms with Crippen LogP contribution in [-0.2, 0) is 0 Å². The first-order valence-corrected chi connectivity index (χ1v) is 7.92. The van der Waals surface area contributed by atoms with Crippen LogP contribution in [0.1, 0.15) is 43.9 Å². The van der Waals surface area contributed by atoms with E-state index in [0.29, 0.717) is 5.92 Å². The summed E-state index contributed by atoms with van der Waals surface area (Å²) in [7, 11) is 0. The molecule has 0 radical (unpaired) electrons. The average molecular weight is 268 g/mol. The van der Waals surface area contributed by atoms with Gasteiger partial charge in [-0.05, 0) is 67.9 Å². The van der Waals surface area contributed by atoms with Gasteiger partial charge >= 0.3 is 0 Å². The molecule has 4 fully saturated rings. The predicted molar refractivity (Wildman–Crippen MR) is 78.2 cm³/mol. The van der Waals surface area contributed by atoms with Gasteiger partial charge in [0.2, 0.25) is 0 Å².